The topological polar surface area (TPSA) is 55.4 Å². The Morgan fingerprint density at radius 1 is 1.06 bits per heavy atom. The van der Waals surface area contributed by atoms with Gasteiger partial charge in [-0.3, -0.25) is 9.59 Å². The molecule has 1 amide bonds. The number of alkyl halides is 3. The maximum absolute atomic E-state index is 12.7. The first-order valence-electron chi connectivity index (χ1n) is 11.8. The molecule has 1 aliphatic rings. The van der Waals surface area contributed by atoms with Gasteiger partial charge in [-0.15, -0.1) is 0 Å². The molecule has 1 unspecified atom stereocenters. The lowest BCUT2D eigenvalue weighted by Gasteiger charge is -2.34. The van der Waals surface area contributed by atoms with E-state index in [1.807, 2.05) is 51.1 Å². The highest BCUT2D eigenvalue weighted by atomic mass is 35.5. The molecule has 2 aromatic rings. The molecule has 1 atom stereocenters. The summed E-state index contributed by atoms with van der Waals surface area (Å²) in [6.45, 7) is 5.46. The van der Waals surface area contributed by atoms with Crippen molar-refractivity contribution in [2.45, 2.75) is 71.1 Å². The van der Waals surface area contributed by atoms with Gasteiger partial charge in [-0.25, -0.2) is 0 Å². The molecule has 1 aliphatic carbocycles. The Hall–Kier alpha value is -2.25. The number of ether oxygens (including phenoxy) is 1. The number of esters is 1. The molecular formula is C27H32Cl2F3NO3. The SMILES string of the molecule is CC(C)(C)OC(=O)C(Cc1ccc(Cl)c(NC(=O)CCC(F)(F)F)c1)C1CCC1.Clc1ccccc1. The largest absolute Gasteiger partial charge is 0.460 e. The second kappa shape index (κ2) is 13.3. The Morgan fingerprint density at radius 2 is 1.69 bits per heavy atom. The van der Waals surface area contributed by atoms with Crippen LogP contribution < -0.4 is 5.32 Å². The van der Waals surface area contributed by atoms with E-state index in [2.05, 4.69) is 5.32 Å². The number of halogens is 5. The van der Waals surface area contributed by atoms with Crippen molar-refractivity contribution in [1.29, 1.82) is 0 Å². The molecule has 4 nitrogen and oxygen atoms in total. The molecule has 0 saturated heterocycles. The predicted molar refractivity (Wildman–Crippen MR) is 137 cm³/mol. The third-order valence-electron chi connectivity index (χ3n) is 5.56. The van der Waals surface area contributed by atoms with Crippen molar-refractivity contribution in [3.63, 3.8) is 0 Å². The van der Waals surface area contributed by atoms with E-state index < -0.39 is 30.5 Å². The van der Waals surface area contributed by atoms with Crippen LogP contribution >= 0.6 is 23.2 Å². The Kier molecular flexibility index (Phi) is 11.1. The number of nitrogens with one attached hydrogen (secondary N) is 1. The molecule has 0 radical (unpaired) electrons. The zero-order valence-electron chi connectivity index (χ0n) is 20.6. The summed E-state index contributed by atoms with van der Waals surface area (Å²) >= 11 is 11.6. The summed E-state index contributed by atoms with van der Waals surface area (Å²) in [5.74, 6) is -1.08. The monoisotopic (exact) mass is 545 g/mol. The molecule has 3 rings (SSSR count). The van der Waals surface area contributed by atoms with Gasteiger partial charge < -0.3 is 10.1 Å². The summed E-state index contributed by atoms with van der Waals surface area (Å²) < 4.78 is 42.5. The van der Waals surface area contributed by atoms with Crippen molar-refractivity contribution in [3.8, 4) is 0 Å². The zero-order chi connectivity index (χ0) is 26.9. The van der Waals surface area contributed by atoms with Crippen molar-refractivity contribution in [3.05, 3.63) is 64.1 Å². The van der Waals surface area contributed by atoms with Crippen LogP contribution in [0.5, 0.6) is 0 Å². The molecule has 0 bridgehead atoms. The van der Waals surface area contributed by atoms with E-state index in [-0.39, 0.29) is 28.5 Å². The molecule has 1 fully saturated rings. The number of anilines is 1. The van der Waals surface area contributed by atoms with Gasteiger partial charge in [0.05, 0.1) is 23.0 Å². The van der Waals surface area contributed by atoms with Crippen molar-refractivity contribution < 1.29 is 27.5 Å². The molecule has 198 valence electrons. The van der Waals surface area contributed by atoms with Crippen molar-refractivity contribution in [1.82, 2.24) is 0 Å². The van der Waals surface area contributed by atoms with Gasteiger partial charge in [-0.2, -0.15) is 13.2 Å². The number of rotatable bonds is 7. The molecule has 0 aliphatic heterocycles. The zero-order valence-corrected chi connectivity index (χ0v) is 22.1. The first-order valence-corrected chi connectivity index (χ1v) is 12.6. The number of amides is 1. The smallest absolute Gasteiger partial charge is 0.389 e. The van der Waals surface area contributed by atoms with Crippen LogP contribution in [0, 0.1) is 11.8 Å². The first-order chi connectivity index (χ1) is 16.7. The summed E-state index contributed by atoms with van der Waals surface area (Å²) in [7, 11) is 0. The molecule has 0 aromatic heterocycles. The second-order valence-electron chi connectivity index (χ2n) is 9.81. The van der Waals surface area contributed by atoms with E-state index in [1.54, 1.807) is 18.2 Å². The molecule has 36 heavy (non-hydrogen) atoms. The molecule has 1 N–H and O–H groups in total. The summed E-state index contributed by atoms with van der Waals surface area (Å²) in [6.07, 6.45) is -2.86. The third kappa shape index (κ3) is 11.2. The van der Waals surface area contributed by atoms with E-state index in [0.717, 1.165) is 29.8 Å². The van der Waals surface area contributed by atoms with Crippen LogP contribution in [0.25, 0.3) is 0 Å². The van der Waals surface area contributed by atoms with Gasteiger partial charge in [-0.05, 0) is 75.8 Å². The van der Waals surface area contributed by atoms with Crippen LogP contribution in [0.2, 0.25) is 10.0 Å². The summed E-state index contributed by atoms with van der Waals surface area (Å²) in [5, 5.41) is 3.46. The fraction of sp³-hybridized carbons (Fsp3) is 0.481. The quantitative estimate of drug-likeness (QED) is 0.356. The number of carbonyl (C=O) groups excluding carboxylic acids is 2. The average molecular weight is 546 g/mol. The highest BCUT2D eigenvalue weighted by Crippen LogP contribution is 2.37. The van der Waals surface area contributed by atoms with Gasteiger partial charge >= 0.3 is 12.1 Å². The molecule has 0 heterocycles. The minimum absolute atomic E-state index is 0.228. The third-order valence-corrected chi connectivity index (χ3v) is 6.14. The van der Waals surface area contributed by atoms with Crippen LogP contribution in [-0.4, -0.2) is 23.7 Å². The number of benzene rings is 2. The highest BCUT2D eigenvalue weighted by Gasteiger charge is 2.35. The lowest BCUT2D eigenvalue weighted by atomic mass is 9.73. The molecular weight excluding hydrogens is 514 g/mol. The second-order valence-corrected chi connectivity index (χ2v) is 10.7. The normalized spacial score (nSPS) is 14.7. The standard InChI is InChI=1S/C21H27ClF3NO3.C6H5Cl/c1-20(2,3)29-19(28)15(14-5-4-6-14)11-13-7-8-16(22)17(12-13)26-18(27)9-10-21(23,24)25;7-6-4-2-1-3-5-6/h7-8,12,14-15H,4-6,9-11H2,1-3H3,(H,26,27);1-5H. The lowest BCUT2D eigenvalue weighted by molar-refractivity contribution is -0.163. The van der Waals surface area contributed by atoms with E-state index in [0.29, 0.717) is 6.42 Å². The van der Waals surface area contributed by atoms with Crippen LogP contribution in [0.4, 0.5) is 18.9 Å². The van der Waals surface area contributed by atoms with Gasteiger partial charge in [0.15, 0.2) is 0 Å². The van der Waals surface area contributed by atoms with Gasteiger partial charge in [0.1, 0.15) is 5.60 Å². The molecule has 1 saturated carbocycles. The van der Waals surface area contributed by atoms with E-state index in [9.17, 15) is 22.8 Å². The van der Waals surface area contributed by atoms with Crippen molar-refractivity contribution >= 4 is 40.8 Å². The minimum atomic E-state index is -4.40. The van der Waals surface area contributed by atoms with Gasteiger partial charge in [0.25, 0.3) is 0 Å². The fourth-order valence-corrected chi connectivity index (χ4v) is 3.90. The van der Waals surface area contributed by atoms with Gasteiger partial charge in [0.2, 0.25) is 5.91 Å². The molecule has 2 aromatic carbocycles. The Balaban J connectivity index is 0.000000558. The highest BCUT2D eigenvalue weighted by molar-refractivity contribution is 6.33. The maximum Gasteiger partial charge on any atom is 0.389 e. The fourth-order valence-electron chi connectivity index (χ4n) is 3.59. The summed E-state index contributed by atoms with van der Waals surface area (Å²) in [4.78, 5) is 24.5. The van der Waals surface area contributed by atoms with Crippen LogP contribution in [0.15, 0.2) is 48.5 Å². The lowest BCUT2D eigenvalue weighted by Crippen LogP contribution is -2.36. The van der Waals surface area contributed by atoms with E-state index >= 15 is 0 Å². The maximum atomic E-state index is 12.7. The average Bonchev–Trinajstić information content (AvgIpc) is 2.72. The van der Waals surface area contributed by atoms with Crippen molar-refractivity contribution in [2.24, 2.45) is 11.8 Å². The predicted octanol–water partition coefficient (Wildman–Crippen LogP) is 8.26. The van der Waals surface area contributed by atoms with E-state index in [4.69, 9.17) is 27.9 Å². The Morgan fingerprint density at radius 3 is 2.17 bits per heavy atom. The van der Waals surface area contributed by atoms with Crippen LogP contribution in [-0.2, 0) is 20.7 Å². The summed E-state index contributed by atoms with van der Waals surface area (Å²) in [5.41, 5.74) is 0.424. The summed E-state index contributed by atoms with van der Waals surface area (Å²) in [6, 6.07) is 14.4. The van der Waals surface area contributed by atoms with Gasteiger partial charge in [0, 0.05) is 11.4 Å². The number of hydrogen-bond acceptors (Lipinski definition) is 3. The van der Waals surface area contributed by atoms with Gasteiger partial charge in [-0.1, -0.05) is 53.9 Å². The minimum Gasteiger partial charge on any atom is -0.460 e. The number of hydrogen-bond donors (Lipinski definition) is 1. The Bertz CT molecular complexity index is 1000. The number of carbonyl (C=O) groups is 2. The molecule has 0 spiro atoms. The first kappa shape index (κ1) is 30.0. The van der Waals surface area contributed by atoms with Crippen LogP contribution in [0.3, 0.4) is 0 Å². The van der Waals surface area contributed by atoms with Crippen molar-refractivity contribution in [2.75, 3.05) is 5.32 Å². The van der Waals surface area contributed by atoms with E-state index in [1.165, 1.54) is 0 Å². The van der Waals surface area contributed by atoms with Crippen LogP contribution in [0.1, 0.15) is 58.4 Å². The molecule has 9 heteroatoms. The Labute approximate surface area is 220 Å².